The molecule has 0 aromatic carbocycles. The van der Waals surface area contributed by atoms with Gasteiger partial charge in [0.05, 0.1) is 18.1 Å². The minimum Gasteiger partial charge on any atom is -0.381 e. The van der Waals surface area contributed by atoms with E-state index >= 15 is 0 Å². The zero-order chi connectivity index (χ0) is 14.1. The number of nitrogens with zero attached hydrogens (tertiary/aromatic N) is 3. The van der Waals surface area contributed by atoms with Crippen molar-refractivity contribution in [2.45, 2.75) is 57.7 Å². The van der Waals surface area contributed by atoms with E-state index in [4.69, 9.17) is 5.73 Å². The normalized spacial score (nSPS) is 23.4. The molecular weight excluding hydrogens is 250 g/mol. The maximum absolute atomic E-state index is 5.94. The third-order valence-corrected chi connectivity index (χ3v) is 4.07. The van der Waals surface area contributed by atoms with E-state index in [1.165, 1.54) is 0 Å². The first-order valence-electron chi connectivity index (χ1n) is 7.49. The lowest BCUT2D eigenvalue weighted by Crippen LogP contribution is -2.32. The summed E-state index contributed by atoms with van der Waals surface area (Å²) in [5.74, 6) is 0. The van der Waals surface area contributed by atoms with Crippen LogP contribution in [0.25, 0.3) is 11.0 Å². The van der Waals surface area contributed by atoms with Gasteiger partial charge in [0.2, 0.25) is 0 Å². The standard InChI is InChI=1S/C15H23N5/c1-10(2)20-15-11(8-18-20)7-14(9-17-15)19-13-5-3-12(16)4-6-13/h7-10,12-13,19H,3-6,16H2,1-2H3. The van der Waals surface area contributed by atoms with Gasteiger partial charge in [0.1, 0.15) is 0 Å². The van der Waals surface area contributed by atoms with E-state index in [-0.39, 0.29) is 0 Å². The molecule has 1 saturated carbocycles. The van der Waals surface area contributed by atoms with Crippen molar-refractivity contribution in [2.24, 2.45) is 5.73 Å². The maximum atomic E-state index is 5.94. The highest BCUT2D eigenvalue weighted by molar-refractivity contribution is 5.78. The number of anilines is 1. The lowest BCUT2D eigenvalue weighted by molar-refractivity contribution is 0.411. The van der Waals surface area contributed by atoms with Crippen LogP contribution in [-0.4, -0.2) is 26.8 Å². The largest absolute Gasteiger partial charge is 0.381 e. The molecule has 1 fully saturated rings. The predicted molar refractivity (Wildman–Crippen MR) is 81.8 cm³/mol. The van der Waals surface area contributed by atoms with Crippen LogP contribution in [0.3, 0.4) is 0 Å². The van der Waals surface area contributed by atoms with Gasteiger partial charge in [-0.15, -0.1) is 0 Å². The highest BCUT2D eigenvalue weighted by atomic mass is 15.3. The number of pyridine rings is 1. The van der Waals surface area contributed by atoms with Crippen LogP contribution < -0.4 is 11.1 Å². The van der Waals surface area contributed by atoms with E-state index in [9.17, 15) is 0 Å². The summed E-state index contributed by atoms with van der Waals surface area (Å²) >= 11 is 0. The van der Waals surface area contributed by atoms with Crippen LogP contribution in [0.2, 0.25) is 0 Å². The lowest BCUT2D eigenvalue weighted by Gasteiger charge is -2.27. The van der Waals surface area contributed by atoms with Crippen LogP contribution in [0.15, 0.2) is 18.5 Å². The summed E-state index contributed by atoms with van der Waals surface area (Å²) in [6.07, 6.45) is 8.31. The molecule has 5 heteroatoms. The van der Waals surface area contributed by atoms with Gasteiger partial charge in [0.15, 0.2) is 5.65 Å². The molecule has 0 atom stereocenters. The highest BCUT2D eigenvalue weighted by Gasteiger charge is 2.18. The fourth-order valence-corrected chi connectivity index (χ4v) is 2.90. The Morgan fingerprint density at radius 3 is 2.70 bits per heavy atom. The van der Waals surface area contributed by atoms with Gasteiger partial charge >= 0.3 is 0 Å². The Balaban J connectivity index is 1.76. The number of hydrogen-bond donors (Lipinski definition) is 2. The summed E-state index contributed by atoms with van der Waals surface area (Å²) in [6.45, 7) is 4.23. The molecule has 3 rings (SSSR count). The summed E-state index contributed by atoms with van der Waals surface area (Å²) in [4.78, 5) is 4.56. The average molecular weight is 273 g/mol. The average Bonchev–Trinajstić information content (AvgIpc) is 2.84. The first-order valence-corrected chi connectivity index (χ1v) is 7.49. The Kier molecular flexibility index (Phi) is 3.61. The lowest BCUT2D eigenvalue weighted by atomic mass is 9.92. The van der Waals surface area contributed by atoms with Crippen LogP contribution >= 0.6 is 0 Å². The van der Waals surface area contributed by atoms with Crippen LogP contribution in [0.1, 0.15) is 45.6 Å². The summed E-state index contributed by atoms with van der Waals surface area (Å²) in [5.41, 5.74) is 7.98. The molecule has 0 saturated heterocycles. The van der Waals surface area contributed by atoms with Gasteiger partial charge in [-0.3, -0.25) is 0 Å². The number of nitrogens with two attached hydrogens (primary N) is 1. The van der Waals surface area contributed by atoms with Crippen molar-refractivity contribution < 1.29 is 0 Å². The fraction of sp³-hybridized carbons (Fsp3) is 0.600. The maximum Gasteiger partial charge on any atom is 0.158 e. The Morgan fingerprint density at radius 2 is 2.00 bits per heavy atom. The summed E-state index contributed by atoms with van der Waals surface area (Å²) in [5, 5.41) is 9.07. The molecule has 2 aromatic heterocycles. The first kappa shape index (κ1) is 13.4. The molecule has 0 aliphatic heterocycles. The van der Waals surface area contributed by atoms with Crippen molar-refractivity contribution in [2.75, 3.05) is 5.32 Å². The van der Waals surface area contributed by atoms with Crippen LogP contribution in [-0.2, 0) is 0 Å². The number of aromatic nitrogens is 3. The van der Waals surface area contributed by atoms with E-state index < -0.39 is 0 Å². The third kappa shape index (κ3) is 2.63. The van der Waals surface area contributed by atoms with Crippen molar-refractivity contribution in [3.8, 4) is 0 Å². The zero-order valence-electron chi connectivity index (χ0n) is 12.2. The van der Waals surface area contributed by atoms with Gasteiger partial charge in [-0.1, -0.05) is 0 Å². The second kappa shape index (κ2) is 5.40. The van der Waals surface area contributed by atoms with Crippen molar-refractivity contribution >= 4 is 16.7 Å². The predicted octanol–water partition coefficient (Wildman–Crippen LogP) is 2.69. The summed E-state index contributed by atoms with van der Waals surface area (Å²) in [6, 6.07) is 3.38. The second-order valence-corrected chi connectivity index (χ2v) is 6.08. The van der Waals surface area contributed by atoms with Gasteiger partial charge < -0.3 is 11.1 Å². The fourth-order valence-electron chi connectivity index (χ4n) is 2.90. The monoisotopic (exact) mass is 273 g/mol. The molecule has 2 heterocycles. The van der Waals surface area contributed by atoms with E-state index in [2.05, 4.69) is 35.3 Å². The minimum atomic E-state index is 0.332. The number of rotatable bonds is 3. The Bertz CT molecular complexity index is 581. The van der Waals surface area contributed by atoms with Gasteiger partial charge in [0, 0.05) is 23.5 Å². The molecule has 0 amide bonds. The topological polar surface area (TPSA) is 68.8 Å². The second-order valence-electron chi connectivity index (χ2n) is 6.08. The molecule has 1 aliphatic rings. The number of hydrogen-bond acceptors (Lipinski definition) is 4. The molecule has 108 valence electrons. The Morgan fingerprint density at radius 1 is 1.25 bits per heavy atom. The van der Waals surface area contributed by atoms with Crippen LogP contribution in [0.4, 0.5) is 5.69 Å². The SMILES string of the molecule is CC(C)n1ncc2cc(NC3CCC(N)CC3)cnc21. The van der Waals surface area contributed by atoms with Gasteiger partial charge in [-0.2, -0.15) is 5.10 Å². The Hall–Kier alpha value is -1.62. The van der Waals surface area contributed by atoms with E-state index in [0.717, 1.165) is 42.4 Å². The van der Waals surface area contributed by atoms with Gasteiger partial charge in [-0.25, -0.2) is 9.67 Å². The Labute approximate surface area is 119 Å². The molecule has 5 nitrogen and oxygen atoms in total. The summed E-state index contributed by atoms with van der Waals surface area (Å²) in [7, 11) is 0. The van der Waals surface area contributed by atoms with Crippen molar-refractivity contribution in [1.29, 1.82) is 0 Å². The van der Waals surface area contributed by atoms with Crippen LogP contribution in [0.5, 0.6) is 0 Å². The van der Waals surface area contributed by atoms with Crippen molar-refractivity contribution in [1.82, 2.24) is 14.8 Å². The molecule has 2 aromatic rings. The number of nitrogens with one attached hydrogen (secondary N) is 1. The van der Waals surface area contributed by atoms with Crippen LogP contribution in [0, 0.1) is 0 Å². The summed E-state index contributed by atoms with van der Waals surface area (Å²) < 4.78 is 1.96. The molecule has 3 N–H and O–H groups in total. The highest BCUT2D eigenvalue weighted by Crippen LogP contribution is 2.23. The molecule has 0 radical (unpaired) electrons. The molecule has 1 aliphatic carbocycles. The quantitative estimate of drug-likeness (QED) is 0.902. The van der Waals surface area contributed by atoms with Gasteiger partial charge in [-0.05, 0) is 45.6 Å². The number of fused-ring (bicyclic) bond motifs is 1. The molecule has 0 unspecified atom stereocenters. The van der Waals surface area contributed by atoms with E-state index in [0.29, 0.717) is 18.1 Å². The van der Waals surface area contributed by atoms with Gasteiger partial charge in [0.25, 0.3) is 0 Å². The van der Waals surface area contributed by atoms with E-state index in [1.807, 2.05) is 17.1 Å². The zero-order valence-corrected chi connectivity index (χ0v) is 12.2. The molecule has 0 bridgehead atoms. The molecule has 20 heavy (non-hydrogen) atoms. The molecular formula is C15H23N5. The first-order chi connectivity index (χ1) is 9.63. The third-order valence-electron chi connectivity index (χ3n) is 4.07. The van der Waals surface area contributed by atoms with Crippen molar-refractivity contribution in [3.05, 3.63) is 18.5 Å². The van der Waals surface area contributed by atoms with E-state index in [1.54, 1.807) is 0 Å². The smallest absolute Gasteiger partial charge is 0.158 e. The van der Waals surface area contributed by atoms with Crippen molar-refractivity contribution in [3.63, 3.8) is 0 Å². The minimum absolute atomic E-state index is 0.332. The molecule has 0 spiro atoms.